The smallest absolute Gasteiger partial charge is 0.213 e. The number of alkyl halides is 3. The van der Waals surface area contributed by atoms with Gasteiger partial charge in [0.25, 0.3) is 5.82 Å². The number of benzene rings is 2. The maximum Gasteiger partial charge on any atom is 0.453 e. The van der Waals surface area contributed by atoms with Crippen LogP contribution in [0.5, 0.6) is 0 Å². The summed E-state index contributed by atoms with van der Waals surface area (Å²) in [4.78, 5) is 4.74. The lowest BCUT2D eigenvalue weighted by molar-refractivity contribution is -0.144. The van der Waals surface area contributed by atoms with Crippen LogP contribution in [0, 0.1) is 6.92 Å². The topological polar surface area (TPSA) is 30.7 Å². The molecule has 7 heteroatoms. The number of thioether (sulfide) groups is 1. The number of halogens is 3. The van der Waals surface area contributed by atoms with E-state index in [1.54, 1.807) is 36.0 Å². The molecule has 0 atom stereocenters. The second-order valence-corrected chi connectivity index (χ2v) is 6.11. The molecule has 0 spiro atoms. The molecule has 3 nitrogen and oxygen atoms in total. The van der Waals surface area contributed by atoms with Crippen molar-refractivity contribution >= 4 is 11.8 Å². The molecule has 0 aliphatic heterocycles. The van der Waals surface area contributed by atoms with Crippen molar-refractivity contribution in [3.63, 3.8) is 0 Å². The van der Waals surface area contributed by atoms with Gasteiger partial charge in [0.15, 0.2) is 5.82 Å². The summed E-state index contributed by atoms with van der Waals surface area (Å²) >= 11 is 1.56. The minimum Gasteiger partial charge on any atom is -0.213 e. The lowest BCUT2D eigenvalue weighted by Crippen LogP contribution is -2.08. The van der Waals surface area contributed by atoms with Gasteiger partial charge in [-0.15, -0.1) is 16.9 Å². The molecule has 0 unspecified atom stereocenters. The monoisotopic (exact) mass is 349 g/mol. The van der Waals surface area contributed by atoms with Crippen molar-refractivity contribution in [2.75, 3.05) is 6.26 Å². The van der Waals surface area contributed by atoms with E-state index in [1.807, 2.05) is 37.4 Å². The van der Waals surface area contributed by atoms with E-state index in [4.69, 9.17) is 0 Å². The fourth-order valence-electron chi connectivity index (χ4n) is 2.23. The fraction of sp³-hybridized carbons (Fsp3) is 0.176. The zero-order chi connectivity index (χ0) is 17.3. The van der Waals surface area contributed by atoms with Crippen LogP contribution in [-0.4, -0.2) is 21.0 Å². The molecular formula is C17H14F3N3S. The van der Waals surface area contributed by atoms with E-state index in [2.05, 4.69) is 10.1 Å². The molecule has 0 N–H and O–H groups in total. The van der Waals surface area contributed by atoms with Crippen LogP contribution in [-0.2, 0) is 6.18 Å². The third kappa shape index (κ3) is 3.31. The quantitative estimate of drug-likeness (QED) is 0.625. The summed E-state index contributed by atoms with van der Waals surface area (Å²) in [6.07, 6.45) is -2.66. The van der Waals surface area contributed by atoms with E-state index in [-0.39, 0.29) is 5.82 Å². The highest BCUT2D eigenvalue weighted by molar-refractivity contribution is 7.98. The Kier molecular flexibility index (Phi) is 4.36. The van der Waals surface area contributed by atoms with Gasteiger partial charge in [0.05, 0.1) is 5.69 Å². The Balaban J connectivity index is 2.15. The van der Waals surface area contributed by atoms with Crippen LogP contribution in [0.3, 0.4) is 0 Å². The van der Waals surface area contributed by atoms with E-state index >= 15 is 0 Å². The van der Waals surface area contributed by atoms with Gasteiger partial charge in [0, 0.05) is 10.5 Å². The lowest BCUT2D eigenvalue weighted by atomic mass is 10.1. The molecule has 0 saturated heterocycles. The summed E-state index contributed by atoms with van der Waals surface area (Å²) in [6.45, 7) is 1.91. The maximum atomic E-state index is 13.1. The van der Waals surface area contributed by atoms with Gasteiger partial charge in [-0.2, -0.15) is 13.2 Å². The molecule has 2 aromatic carbocycles. The highest BCUT2D eigenvalue weighted by Crippen LogP contribution is 2.30. The van der Waals surface area contributed by atoms with Crippen molar-refractivity contribution in [3.8, 4) is 17.1 Å². The molecule has 0 aliphatic rings. The number of rotatable bonds is 3. The van der Waals surface area contributed by atoms with Crippen LogP contribution in [0.4, 0.5) is 13.2 Å². The van der Waals surface area contributed by atoms with Crippen LogP contribution in [0.15, 0.2) is 53.4 Å². The van der Waals surface area contributed by atoms with E-state index in [9.17, 15) is 13.2 Å². The Morgan fingerprint density at radius 2 is 1.58 bits per heavy atom. The number of aromatic nitrogens is 3. The Labute approximate surface area is 141 Å². The number of hydrogen-bond donors (Lipinski definition) is 0. The van der Waals surface area contributed by atoms with Gasteiger partial charge >= 0.3 is 6.18 Å². The predicted octanol–water partition coefficient (Wildman–Crippen LogP) is 4.98. The Morgan fingerprint density at radius 3 is 2.12 bits per heavy atom. The van der Waals surface area contributed by atoms with Crippen LogP contribution in [0.2, 0.25) is 0 Å². The molecule has 1 aromatic heterocycles. The highest BCUT2D eigenvalue weighted by atomic mass is 32.2. The number of nitrogens with zero attached hydrogens (tertiary/aromatic N) is 3. The summed E-state index contributed by atoms with van der Waals surface area (Å²) in [5, 5.41) is 3.68. The third-order valence-electron chi connectivity index (χ3n) is 3.49. The molecule has 24 heavy (non-hydrogen) atoms. The third-order valence-corrected chi connectivity index (χ3v) is 4.23. The summed E-state index contributed by atoms with van der Waals surface area (Å²) < 4.78 is 40.4. The maximum absolute atomic E-state index is 13.1. The SMILES string of the molecule is CSc1ccc(-n2nc(C(F)(F)F)nc2-c2ccc(C)cc2)cc1. The first-order chi connectivity index (χ1) is 11.4. The van der Waals surface area contributed by atoms with Crippen molar-refractivity contribution in [2.45, 2.75) is 18.0 Å². The van der Waals surface area contributed by atoms with Crippen LogP contribution >= 0.6 is 11.8 Å². The lowest BCUT2D eigenvalue weighted by Gasteiger charge is -2.07. The minimum absolute atomic E-state index is 0.166. The Bertz CT molecular complexity index is 837. The van der Waals surface area contributed by atoms with Crippen LogP contribution < -0.4 is 0 Å². The first-order valence-corrected chi connectivity index (χ1v) is 8.36. The summed E-state index contributed by atoms with van der Waals surface area (Å²) in [5.74, 6) is -0.980. The average Bonchev–Trinajstić information content (AvgIpc) is 3.01. The van der Waals surface area contributed by atoms with Gasteiger partial charge in [-0.1, -0.05) is 29.8 Å². The van der Waals surface area contributed by atoms with Crippen molar-refractivity contribution in [2.24, 2.45) is 0 Å². The van der Waals surface area contributed by atoms with Gasteiger partial charge in [-0.3, -0.25) is 0 Å². The molecule has 0 saturated carbocycles. The van der Waals surface area contributed by atoms with Crippen molar-refractivity contribution < 1.29 is 13.2 Å². The molecule has 0 radical (unpaired) electrons. The Morgan fingerprint density at radius 1 is 0.958 bits per heavy atom. The highest BCUT2D eigenvalue weighted by Gasteiger charge is 2.37. The van der Waals surface area contributed by atoms with E-state index in [0.29, 0.717) is 11.3 Å². The fourth-order valence-corrected chi connectivity index (χ4v) is 2.63. The van der Waals surface area contributed by atoms with Gasteiger partial charge in [-0.05, 0) is 37.4 Å². The van der Waals surface area contributed by atoms with Gasteiger partial charge in [-0.25, -0.2) is 9.67 Å². The zero-order valence-corrected chi connectivity index (χ0v) is 13.8. The Hall–Kier alpha value is -2.28. The molecule has 0 amide bonds. The molecule has 0 bridgehead atoms. The zero-order valence-electron chi connectivity index (χ0n) is 13.0. The molecule has 1 heterocycles. The minimum atomic E-state index is -4.59. The van der Waals surface area contributed by atoms with Gasteiger partial charge < -0.3 is 0 Å². The number of hydrogen-bond acceptors (Lipinski definition) is 3. The summed E-state index contributed by atoms with van der Waals surface area (Å²) in [6, 6.07) is 14.3. The molecule has 0 aliphatic carbocycles. The first kappa shape index (κ1) is 16.6. The molecule has 3 rings (SSSR count). The largest absolute Gasteiger partial charge is 0.453 e. The number of aryl methyl sites for hydroxylation is 1. The molecule has 3 aromatic rings. The molecule has 124 valence electrons. The van der Waals surface area contributed by atoms with E-state index in [0.717, 1.165) is 10.5 Å². The van der Waals surface area contributed by atoms with Crippen LogP contribution in [0.1, 0.15) is 11.4 Å². The summed E-state index contributed by atoms with van der Waals surface area (Å²) in [7, 11) is 0. The van der Waals surface area contributed by atoms with E-state index < -0.39 is 12.0 Å². The normalized spacial score (nSPS) is 11.7. The van der Waals surface area contributed by atoms with Gasteiger partial charge in [0.2, 0.25) is 0 Å². The van der Waals surface area contributed by atoms with Crippen molar-refractivity contribution in [3.05, 3.63) is 59.9 Å². The van der Waals surface area contributed by atoms with Crippen molar-refractivity contribution in [1.82, 2.24) is 14.8 Å². The van der Waals surface area contributed by atoms with Crippen LogP contribution in [0.25, 0.3) is 17.1 Å². The van der Waals surface area contributed by atoms with Crippen molar-refractivity contribution in [1.29, 1.82) is 0 Å². The standard InChI is InChI=1S/C17H14F3N3S/c1-11-3-5-12(6-4-11)15-21-16(17(18,19)20)22-23(15)13-7-9-14(24-2)10-8-13/h3-10H,1-2H3. The predicted molar refractivity (Wildman–Crippen MR) is 88.3 cm³/mol. The second-order valence-electron chi connectivity index (χ2n) is 5.23. The van der Waals surface area contributed by atoms with Gasteiger partial charge in [0.1, 0.15) is 0 Å². The molecule has 0 fully saturated rings. The first-order valence-electron chi connectivity index (χ1n) is 7.14. The average molecular weight is 349 g/mol. The summed E-state index contributed by atoms with van der Waals surface area (Å²) in [5.41, 5.74) is 2.13. The molecular weight excluding hydrogens is 335 g/mol. The van der Waals surface area contributed by atoms with E-state index in [1.165, 1.54) is 4.68 Å². The second kappa shape index (κ2) is 6.32.